The summed E-state index contributed by atoms with van der Waals surface area (Å²) in [5.41, 5.74) is 3.89. The second-order valence-corrected chi connectivity index (χ2v) is 13.8. The lowest BCUT2D eigenvalue weighted by molar-refractivity contribution is -0.180. The Labute approximate surface area is 250 Å². The van der Waals surface area contributed by atoms with Crippen LogP contribution in [0.5, 0.6) is 6.01 Å². The fourth-order valence-corrected chi connectivity index (χ4v) is 9.67. The third-order valence-corrected chi connectivity index (χ3v) is 11.7. The van der Waals surface area contributed by atoms with Crippen molar-refractivity contribution in [2.75, 3.05) is 6.61 Å². The molecule has 43 heavy (non-hydrogen) atoms. The molecule has 4 aliphatic carbocycles. The molecule has 8 rings (SSSR count). The van der Waals surface area contributed by atoms with Gasteiger partial charge in [-0.3, -0.25) is 4.79 Å². The van der Waals surface area contributed by atoms with E-state index in [1.165, 1.54) is 11.1 Å². The van der Waals surface area contributed by atoms with Gasteiger partial charge in [0.1, 0.15) is 5.60 Å². The molecule has 4 aliphatic rings. The summed E-state index contributed by atoms with van der Waals surface area (Å²) >= 11 is 0. The van der Waals surface area contributed by atoms with Gasteiger partial charge >= 0.3 is 0 Å². The molecular formula is C35H38N4O4. The zero-order valence-electron chi connectivity index (χ0n) is 24.7. The Hall–Kier alpha value is -3.75. The van der Waals surface area contributed by atoms with Crippen LogP contribution in [0, 0.1) is 28.6 Å². The molecule has 3 saturated carbocycles. The normalized spacial score (nSPS) is 34.6. The molecule has 0 amide bonds. The number of aliphatic hydroxyl groups excluding tert-OH is 1. The van der Waals surface area contributed by atoms with Crippen LogP contribution in [0.15, 0.2) is 66.4 Å². The number of ketones is 1. The van der Waals surface area contributed by atoms with E-state index >= 15 is 0 Å². The quantitative estimate of drug-likeness (QED) is 0.297. The molecule has 0 saturated heterocycles. The first-order chi connectivity index (χ1) is 20.7. The highest BCUT2D eigenvalue weighted by atomic mass is 16.5. The van der Waals surface area contributed by atoms with Crippen LogP contribution in [0.4, 0.5) is 0 Å². The Kier molecular flexibility index (Phi) is 5.85. The largest absolute Gasteiger partial charge is 0.457 e. The SMILES string of the molecule is CC12Cc3cnn(-c4ccccc4)c3C=C1CCC1C2C(O)CC2(C)C1CC[C@]2(O)C(=O)COc1nc2ccccc2[nH]1. The standard InChI is InChI=1S/C35H38N4O4/c1-33-17-21-19-36-39(23-8-4-3-5-9-23)28(21)16-22(33)12-13-24-25-14-15-35(42,34(25,2)18-29(40)31(24)33)30(41)20-43-32-37-26-10-6-7-11-27(26)38-32/h3-11,16,19,24-25,29,31,40,42H,12-15,17-18,20H2,1-2H3,(H,37,38)/t24?,25?,29?,31?,33?,34?,35-/m0/s1. The summed E-state index contributed by atoms with van der Waals surface area (Å²) in [7, 11) is 0. The van der Waals surface area contributed by atoms with Crippen molar-refractivity contribution in [1.29, 1.82) is 0 Å². The van der Waals surface area contributed by atoms with E-state index in [0.717, 1.165) is 48.1 Å². The van der Waals surface area contributed by atoms with Gasteiger partial charge in [0, 0.05) is 5.41 Å². The number of carbonyl (C=O) groups excluding carboxylic acids is 1. The fraction of sp³-hybridized carbons (Fsp3) is 0.457. The number of Topliss-reactive ketones (excluding diaryl/α,β-unsaturated/α-hetero) is 1. The second kappa shape index (κ2) is 9.37. The zero-order chi connectivity index (χ0) is 29.6. The number of nitrogens with one attached hydrogen (secondary N) is 1. The first kappa shape index (κ1) is 26.8. The zero-order valence-corrected chi connectivity index (χ0v) is 24.7. The number of rotatable bonds is 5. The van der Waals surface area contributed by atoms with Crippen molar-refractivity contribution < 1.29 is 19.7 Å². The number of aromatic nitrogens is 4. The number of carbonyl (C=O) groups is 1. The molecule has 8 heteroatoms. The molecule has 8 nitrogen and oxygen atoms in total. The Bertz CT molecular complexity index is 1730. The topological polar surface area (TPSA) is 113 Å². The Morgan fingerprint density at radius 1 is 1.12 bits per heavy atom. The van der Waals surface area contributed by atoms with Gasteiger partial charge in [-0.15, -0.1) is 0 Å². The van der Waals surface area contributed by atoms with E-state index in [1.807, 2.05) is 60.3 Å². The Balaban J connectivity index is 1.05. The van der Waals surface area contributed by atoms with Crippen molar-refractivity contribution in [1.82, 2.24) is 19.7 Å². The van der Waals surface area contributed by atoms with Gasteiger partial charge in [0.05, 0.1) is 34.7 Å². The highest BCUT2D eigenvalue weighted by Gasteiger charge is 2.68. The van der Waals surface area contributed by atoms with E-state index in [9.17, 15) is 15.0 Å². The average Bonchev–Trinajstić information content (AvgIpc) is 3.68. The number of hydrogen-bond acceptors (Lipinski definition) is 6. The Morgan fingerprint density at radius 2 is 1.91 bits per heavy atom. The average molecular weight is 579 g/mol. The molecule has 2 heterocycles. The van der Waals surface area contributed by atoms with E-state index in [0.29, 0.717) is 12.8 Å². The summed E-state index contributed by atoms with van der Waals surface area (Å²) < 4.78 is 7.81. The fourth-order valence-electron chi connectivity index (χ4n) is 9.67. The minimum absolute atomic E-state index is 0.0584. The van der Waals surface area contributed by atoms with Crippen molar-refractivity contribution in [3.63, 3.8) is 0 Å². The summed E-state index contributed by atoms with van der Waals surface area (Å²) in [6.07, 6.45) is 7.94. The molecule has 3 N–H and O–H groups in total. The molecule has 222 valence electrons. The third-order valence-electron chi connectivity index (χ3n) is 11.7. The molecule has 4 aromatic rings. The van der Waals surface area contributed by atoms with Crippen LogP contribution in [-0.2, 0) is 11.2 Å². The van der Waals surface area contributed by atoms with Crippen LogP contribution in [0.25, 0.3) is 22.8 Å². The van der Waals surface area contributed by atoms with Gasteiger partial charge in [-0.1, -0.05) is 49.8 Å². The minimum atomic E-state index is -1.55. The summed E-state index contributed by atoms with van der Waals surface area (Å²) in [5.74, 6) is 0.0949. The van der Waals surface area contributed by atoms with Gasteiger partial charge in [-0.05, 0) is 97.6 Å². The van der Waals surface area contributed by atoms with Gasteiger partial charge in [0.2, 0.25) is 5.78 Å². The van der Waals surface area contributed by atoms with E-state index < -0.39 is 17.1 Å². The summed E-state index contributed by atoms with van der Waals surface area (Å²) in [5, 5.41) is 28.8. The van der Waals surface area contributed by atoms with E-state index in [1.54, 1.807) is 0 Å². The number of benzene rings is 2. The van der Waals surface area contributed by atoms with Gasteiger partial charge in [-0.2, -0.15) is 10.1 Å². The van der Waals surface area contributed by atoms with Crippen LogP contribution >= 0.6 is 0 Å². The number of imidazole rings is 1. The van der Waals surface area contributed by atoms with Crippen LogP contribution in [0.3, 0.4) is 0 Å². The van der Waals surface area contributed by atoms with E-state index in [4.69, 9.17) is 9.84 Å². The van der Waals surface area contributed by atoms with Gasteiger partial charge in [0.15, 0.2) is 6.61 Å². The molecule has 2 aromatic heterocycles. The van der Waals surface area contributed by atoms with Crippen molar-refractivity contribution in [2.24, 2.45) is 28.6 Å². The number of para-hydroxylation sites is 3. The number of hydrogen-bond donors (Lipinski definition) is 3. The van der Waals surface area contributed by atoms with Crippen molar-refractivity contribution in [3.05, 3.63) is 77.6 Å². The maximum absolute atomic E-state index is 13.7. The van der Waals surface area contributed by atoms with Crippen molar-refractivity contribution >= 4 is 22.9 Å². The number of ether oxygens (including phenoxy) is 1. The van der Waals surface area contributed by atoms with Gasteiger partial charge in [-0.25, -0.2) is 4.68 Å². The Morgan fingerprint density at radius 3 is 2.72 bits per heavy atom. The lowest BCUT2D eigenvalue weighted by Gasteiger charge is -2.60. The van der Waals surface area contributed by atoms with Gasteiger partial charge < -0.3 is 19.9 Å². The number of aliphatic hydroxyl groups is 2. The molecule has 3 fully saturated rings. The summed E-state index contributed by atoms with van der Waals surface area (Å²) in [6, 6.07) is 18.1. The minimum Gasteiger partial charge on any atom is -0.457 e. The number of nitrogens with zero attached hydrogens (tertiary/aromatic N) is 3. The van der Waals surface area contributed by atoms with Crippen molar-refractivity contribution in [3.8, 4) is 11.7 Å². The second-order valence-electron chi connectivity index (χ2n) is 13.8. The molecule has 0 bridgehead atoms. The highest BCUT2D eigenvalue weighted by molar-refractivity contribution is 5.90. The van der Waals surface area contributed by atoms with Gasteiger partial charge in [0.25, 0.3) is 6.01 Å². The van der Waals surface area contributed by atoms with Crippen molar-refractivity contribution in [2.45, 2.75) is 64.1 Å². The summed E-state index contributed by atoms with van der Waals surface area (Å²) in [4.78, 5) is 21.2. The van der Waals surface area contributed by atoms with E-state index in [-0.39, 0.29) is 41.6 Å². The third kappa shape index (κ3) is 3.78. The molecule has 0 spiro atoms. The maximum Gasteiger partial charge on any atom is 0.295 e. The van der Waals surface area contributed by atoms with Crippen LogP contribution < -0.4 is 4.74 Å². The van der Waals surface area contributed by atoms with Crippen LogP contribution in [0.1, 0.15) is 57.2 Å². The monoisotopic (exact) mass is 578 g/mol. The smallest absolute Gasteiger partial charge is 0.295 e. The predicted molar refractivity (Wildman–Crippen MR) is 163 cm³/mol. The first-order valence-electron chi connectivity index (χ1n) is 15.6. The lowest BCUT2D eigenvalue weighted by atomic mass is 9.45. The number of H-pyrrole nitrogens is 1. The maximum atomic E-state index is 13.7. The number of fused-ring (bicyclic) bond motifs is 7. The molecule has 2 aromatic carbocycles. The predicted octanol–water partition coefficient (Wildman–Crippen LogP) is 5.28. The number of allylic oxidation sites excluding steroid dienone is 1. The molecular weight excluding hydrogens is 540 g/mol. The lowest BCUT2D eigenvalue weighted by Crippen LogP contribution is -2.62. The molecule has 6 unspecified atom stereocenters. The molecule has 7 atom stereocenters. The number of aromatic amines is 1. The molecule has 0 radical (unpaired) electrons. The molecule has 0 aliphatic heterocycles. The van der Waals surface area contributed by atoms with Crippen LogP contribution in [0.2, 0.25) is 0 Å². The first-order valence-corrected chi connectivity index (χ1v) is 15.6. The van der Waals surface area contributed by atoms with Crippen LogP contribution in [-0.4, -0.2) is 54.1 Å². The highest BCUT2D eigenvalue weighted by Crippen LogP contribution is 2.67. The van der Waals surface area contributed by atoms with E-state index in [2.05, 4.69) is 35.1 Å². The summed E-state index contributed by atoms with van der Waals surface area (Å²) in [6.45, 7) is 4.08.